The highest BCUT2D eigenvalue weighted by Crippen LogP contribution is 2.67. The Morgan fingerprint density at radius 1 is 1.22 bits per heavy atom. The molecule has 5 atom stereocenters. The van der Waals surface area contributed by atoms with E-state index in [1.54, 1.807) is 12.3 Å². The molecular weight excluding hydrogens is 486 g/mol. The molecule has 0 spiro atoms. The van der Waals surface area contributed by atoms with Crippen molar-refractivity contribution in [1.82, 2.24) is 0 Å². The van der Waals surface area contributed by atoms with Crippen molar-refractivity contribution >= 4 is 29.1 Å². The molecule has 196 valence electrons. The molecule has 2 fully saturated rings. The summed E-state index contributed by atoms with van der Waals surface area (Å²) in [6, 6.07) is 8.19. The van der Waals surface area contributed by atoms with E-state index < -0.39 is 10.9 Å². The summed E-state index contributed by atoms with van der Waals surface area (Å²) in [5.41, 5.74) is 4.80. The van der Waals surface area contributed by atoms with E-state index >= 15 is 0 Å². The molecule has 5 rings (SSSR count). The summed E-state index contributed by atoms with van der Waals surface area (Å²) in [5, 5.41) is 24.6. The lowest BCUT2D eigenvalue weighted by Crippen LogP contribution is -2.50. The second kappa shape index (κ2) is 10.4. The zero-order valence-corrected chi connectivity index (χ0v) is 22.3. The number of allylic oxidation sites excluding steroid dienone is 4. The van der Waals surface area contributed by atoms with Crippen LogP contribution in [-0.4, -0.2) is 46.0 Å². The van der Waals surface area contributed by atoms with E-state index in [1.165, 1.54) is 28.5 Å². The van der Waals surface area contributed by atoms with Crippen molar-refractivity contribution in [2.75, 3.05) is 12.9 Å². The van der Waals surface area contributed by atoms with Gasteiger partial charge in [-0.25, -0.2) is 4.79 Å². The molecule has 0 aromatic heterocycles. The second-order valence-corrected chi connectivity index (χ2v) is 11.7. The maximum atomic E-state index is 12.2. The van der Waals surface area contributed by atoms with Crippen LogP contribution in [0.3, 0.4) is 0 Å². The van der Waals surface area contributed by atoms with Gasteiger partial charge >= 0.3 is 5.30 Å². The summed E-state index contributed by atoms with van der Waals surface area (Å²) in [5.74, 6) is 1.08. The van der Waals surface area contributed by atoms with Gasteiger partial charge in [-0.15, -0.1) is 0 Å². The van der Waals surface area contributed by atoms with Crippen LogP contribution in [0.5, 0.6) is 0 Å². The van der Waals surface area contributed by atoms with Crippen molar-refractivity contribution in [2.45, 2.75) is 63.4 Å². The highest BCUT2D eigenvalue weighted by Gasteiger charge is 2.61. The van der Waals surface area contributed by atoms with Crippen molar-refractivity contribution in [3.63, 3.8) is 0 Å². The highest BCUT2D eigenvalue weighted by atomic mass is 32.2. The monoisotopic (exact) mass is 521 g/mol. The predicted molar refractivity (Wildman–Crippen MR) is 145 cm³/mol. The molecule has 4 aliphatic rings. The molecule has 0 heterocycles. The van der Waals surface area contributed by atoms with E-state index in [-0.39, 0.29) is 23.7 Å². The molecule has 1 aromatic rings. The standard InChI is InChI=1S/C30H35NO5S/c1-29-17-25(20-6-4-19(5-7-20)18-31-36-28(34)37-2)27-23-11-9-22(33)16-21(23)8-10-24(27)26(29)12-14-30(29,35)13-3-15-32/h3-7,13,16,18,24-26,32,35H,8-12,14-15,17H2,1-2H3/b13-3-,31-18+/t24-,25+,26-,29-,30-/m0/s1. The molecule has 1 aromatic carbocycles. The lowest BCUT2D eigenvalue weighted by molar-refractivity contribution is -0.114. The Kier molecular flexibility index (Phi) is 7.31. The van der Waals surface area contributed by atoms with E-state index in [9.17, 15) is 19.8 Å². The molecule has 0 bridgehead atoms. The topological polar surface area (TPSA) is 96.2 Å². The fourth-order valence-corrected chi connectivity index (χ4v) is 7.62. The van der Waals surface area contributed by atoms with Crippen LogP contribution in [0, 0.1) is 17.3 Å². The van der Waals surface area contributed by atoms with Crippen molar-refractivity contribution < 1.29 is 24.6 Å². The lowest BCUT2D eigenvalue weighted by atomic mass is 9.51. The third-order valence-electron chi connectivity index (χ3n) is 9.28. The Bertz CT molecular complexity index is 1200. The van der Waals surface area contributed by atoms with Gasteiger partial charge in [0, 0.05) is 17.8 Å². The fraction of sp³-hybridized carbons (Fsp3) is 0.500. The van der Waals surface area contributed by atoms with Crippen molar-refractivity contribution in [1.29, 1.82) is 0 Å². The molecule has 0 aliphatic heterocycles. The van der Waals surface area contributed by atoms with Crippen LogP contribution in [0.25, 0.3) is 0 Å². The number of aliphatic hydroxyl groups is 2. The van der Waals surface area contributed by atoms with Crippen LogP contribution in [0.2, 0.25) is 0 Å². The number of ketones is 1. The Morgan fingerprint density at radius 3 is 2.73 bits per heavy atom. The molecule has 0 unspecified atom stereocenters. The quantitative estimate of drug-likeness (QED) is 0.223. The molecule has 2 saturated carbocycles. The van der Waals surface area contributed by atoms with Gasteiger partial charge in [0.1, 0.15) is 0 Å². The summed E-state index contributed by atoms with van der Waals surface area (Å²) in [4.78, 5) is 28.4. The Hall–Kier alpha value is -2.48. The van der Waals surface area contributed by atoms with Gasteiger partial charge in [-0.2, -0.15) is 0 Å². The number of thioether (sulfide) groups is 1. The lowest BCUT2D eigenvalue weighted by Gasteiger charge is -2.54. The molecule has 4 aliphatic carbocycles. The predicted octanol–water partition coefficient (Wildman–Crippen LogP) is 5.70. The minimum Gasteiger partial charge on any atom is -0.392 e. The van der Waals surface area contributed by atoms with Crippen molar-refractivity contribution in [3.8, 4) is 0 Å². The molecular formula is C30H35NO5S. The van der Waals surface area contributed by atoms with E-state index in [0.29, 0.717) is 24.7 Å². The third kappa shape index (κ3) is 4.66. The molecule has 0 saturated heterocycles. The molecule has 6 nitrogen and oxygen atoms in total. The summed E-state index contributed by atoms with van der Waals surface area (Å²) in [7, 11) is 0. The van der Waals surface area contributed by atoms with Crippen LogP contribution in [-0.2, 0) is 9.63 Å². The van der Waals surface area contributed by atoms with E-state index in [4.69, 9.17) is 4.84 Å². The summed E-state index contributed by atoms with van der Waals surface area (Å²) in [6.45, 7) is 2.15. The molecule has 0 amide bonds. The van der Waals surface area contributed by atoms with E-state index in [0.717, 1.165) is 49.4 Å². The maximum absolute atomic E-state index is 12.2. The summed E-state index contributed by atoms with van der Waals surface area (Å²) < 4.78 is 0. The summed E-state index contributed by atoms with van der Waals surface area (Å²) in [6.07, 6.45) is 14.3. The van der Waals surface area contributed by atoms with Crippen molar-refractivity contribution in [2.24, 2.45) is 22.4 Å². The maximum Gasteiger partial charge on any atom is 0.393 e. The number of nitrogens with zero attached hydrogens (tertiary/aromatic N) is 1. The number of fused-ring (bicyclic) bond motifs is 4. The molecule has 37 heavy (non-hydrogen) atoms. The van der Waals surface area contributed by atoms with Gasteiger partial charge in [-0.1, -0.05) is 54.1 Å². The number of oxime groups is 1. The Morgan fingerprint density at radius 2 is 2.00 bits per heavy atom. The second-order valence-electron chi connectivity index (χ2n) is 11.0. The Balaban J connectivity index is 1.55. The first kappa shape index (κ1) is 26.1. The van der Waals surface area contributed by atoms with Gasteiger partial charge in [0.25, 0.3) is 0 Å². The van der Waals surface area contributed by atoms with Crippen LogP contribution in [0.1, 0.15) is 68.9 Å². The molecule has 0 radical (unpaired) electrons. The first-order chi connectivity index (χ1) is 17.8. The fourth-order valence-electron chi connectivity index (χ4n) is 7.50. The van der Waals surface area contributed by atoms with E-state index in [2.05, 4.69) is 24.2 Å². The summed E-state index contributed by atoms with van der Waals surface area (Å²) >= 11 is 0.968. The first-order valence-electron chi connectivity index (χ1n) is 13.2. The number of carbonyl (C=O) groups excluding carboxylic acids is 2. The zero-order valence-electron chi connectivity index (χ0n) is 21.5. The zero-order chi connectivity index (χ0) is 26.2. The van der Waals surface area contributed by atoms with E-state index in [1.807, 2.05) is 24.3 Å². The van der Waals surface area contributed by atoms with Gasteiger partial charge in [0.2, 0.25) is 0 Å². The van der Waals surface area contributed by atoms with Crippen LogP contribution >= 0.6 is 11.8 Å². The average molecular weight is 522 g/mol. The number of hydrogen-bond acceptors (Lipinski definition) is 7. The number of benzene rings is 1. The SMILES string of the molecule is CSC(=O)O/N=C/c1ccc([C@H]2C[C@@]3(C)[C@@H](CC[C@@]3(O)/C=C\CO)[C@@H]3CCC4=CC(=O)CCC4=C32)cc1. The Labute approximate surface area is 222 Å². The third-order valence-corrected chi connectivity index (χ3v) is 9.69. The average Bonchev–Trinajstić information content (AvgIpc) is 3.17. The van der Waals surface area contributed by atoms with Gasteiger partial charge < -0.3 is 15.1 Å². The van der Waals surface area contributed by atoms with Gasteiger partial charge in [-0.3, -0.25) is 4.79 Å². The van der Waals surface area contributed by atoms with Crippen LogP contribution in [0.4, 0.5) is 4.79 Å². The van der Waals surface area contributed by atoms with Crippen LogP contribution < -0.4 is 0 Å². The smallest absolute Gasteiger partial charge is 0.392 e. The minimum atomic E-state index is -0.957. The minimum absolute atomic E-state index is 0.0807. The van der Waals surface area contributed by atoms with Gasteiger partial charge in [0.15, 0.2) is 5.78 Å². The normalized spacial score (nSPS) is 33.4. The van der Waals surface area contributed by atoms with Crippen LogP contribution in [0.15, 0.2) is 64.4 Å². The largest absolute Gasteiger partial charge is 0.393 e. The molecule has 7 heteroatoms. The first-order valence-corrected chi connectivity index (χ1v) is 14.4. The molecule has 2 N–H and O–H groups in total. The number of hydrogen-bond donors (Lipinski definition) is 2. The number of rotatable bonds is 5. The van der Waals surface area contributed by atoms with Gasteiger partial charge in [0.05, 0.1) is 18.4 Å². The number of carbonyl (C=O) groups is 2. The highest BCUT2D eigenvalue weighted by molar-refractivity contribution is 8.12. The number of aliphatic hydroxyl groups excluding tert-OH is 1. The van der Waals surface area contributed by atoms with Crippen molar-refractivity contribution in [3.05, 3.63) is 70.3 Å². The van der Waals surface area contributed by atoms with Gasteiger partial charge in [-0.05, 0) is 96.7 Å².